The first-order valence-electron chi connectivity index (χ1n) is 4.83. The van der Waals surface area contributed by atoms with Crippen molar-refractivity contribution in [2.45, 2.75) is 43.6 Å². The summed E-state index contributed by atoms with van der Waals surface area (Å²) in [7, 11) is 0. The first-order valence-corrected chi connectivity index (χ1v) is 4.83. The second kappa shape index (κ2) is 2.41. The van der Waals surface area contributed by atoms with Crippen LogP contribution in [0.4, 0.5) is 0 Å². The van der Waals surface area contributed by atoms with Gasteiger partial charge in [-0.1, -0.05) is 0 Å². The summed E-state index contributed by atoms with van der Waals surface area (Å²) in [5, 5.41) is 0. The van der Waals surface area contributed by atoms with Gasteiger partial charge in [-0.3, -0.25) is 0 Å². The van der Waals surface area contributed by atoms with Crippen LogP contribution in [0.1, 0.15) is 39.5 Å². The van der Waals surface area contributed by atoms with E-state index in [-0.39, 0.29) is 0 Å². The molecule has 11 heavy (non-hydrogen) atoms. The molecule has 2 unspecified atom stereocenters. The number of allylic oxidation sites excluding steroid dienone is 2. The Hall–Kier alpha value is 0.337. The second-order valence-electron chi connectivity index (χ2n) is 4.85. The van der Waals surface area contributed by atoms with Gasteiger partial charge >= 0.3 is 78.4 Å². The van der Waals surface area contributed by atoms with Crippen molar-refractivity contribution in [1.29, 1.82) is 0 Å². The Balaban J connectivity index is 2.36. The molecule has 0 aromatic carbocycles. The predicted octanol–water partition coefficient (Wildman–Crippen LogP) is 2.85. The SMILES string of the molecule is [Li][C]1(C)CC(C)C2=C1CCC2. The third-order valence-corrected chi connectivity index (χ3v) is 3.49. The monoisotopic (exact) mass is 142 g/mol. The van der Waals surface area contributed by atoms with Gasteiger partial charge in [0.05, 0.1) is 0 Å². The Morgan fingerprint density at radius 3 is 2.82 bits per heavy atom. The van der Waals surface area contributed by atoms with Crippen LogP contribution < -0.4 is 0 Å². The van der Waals surface area contributed by atoms with E-state index in [1.54, 1.807) is 0 Å². The summed E-state index contributed by atoms with van der Waals surface area (Å²) < 4.78 is 0.547. The molecule has 0 amide bonds. The van der Waals surface area contributed by atoms with Crippen LogP contribution in [0, 0.1) is 5.92 Å². The quantitative estimate of drug-likeness (QED) is 0.360. The van der Waals surface area contributed by atoms with Crippen LogP contribution in [0.5, 0.6) is 0 Å². The first kappa shape index (κ1) is 7.96. The van der Waals surface area contributed by atoms with Crippen LogP contribution in [0.25, 0.3) is 0 Å². The van der Waals surface area contributed by atoms with E-state index < -0.39 is 0 Å². The number of hydrogen-bond acceptors (Lipinski definition) is 0. The molecule has 1 heteroatoms. The van der Waals surface area contributed by atoms with Gasteiger partial charge in [0.2, 0.25) is 0 Å². The zero-order valence-electron chi connectivity index (χ0n) is 7.91. The molecule has 0 N–H and O–H groups in total. The van der Waals surface area contributed by atoms with Gasteiger partial charge in [0.1, 0.15) is 0 Å². The fraction of sp³-hybridized carbons (Fsp3) is 0.800. The summed E-state index contributed by atoms with van der Waals surface area (Å²) in [5.41, 5.74) is 3.63. The third-order valence-electron chi connectivity index (χ3n) is 3.49. The van der Waals surface area contributed by atoms with Crippen LogP contribution >= 0.6 is 0 Å². The van der Waals surface area contributed by atoms with Gasteiger partial charge in [0.15, 0.2) is 0 Å². The molecule has 0 aromatic rings. The van der Waals surface area contributed by atoms with Crippen LogP contribution in [0.15, 0.2) is 11.1 Å². The maximum atomic E-state index is 2.41. The molecule has 0 nitrogen and oxygen atoms in total. The fourth-order valence-corrected chi connectivity index (χ4v) is 3.10. The average Bonchev–Trinajstić information content (AvgIpc) is 2.37. The minimum atomic E-state index is 0.547. The molecule has 0 aliphatic heterocycles. The standard InChI is InChI=1S/C10H15.Li/c1-7-6-8(2)10-5-3-4-9(7)10;/h7H,3-6H2,1-2H3;. The summed E-state index contributed by atoms with van der Waals surface area (Å²) >= 11 is 2.41. The van der Waals surface area contributed by atoms with E-state index in [9.17, 15) is 0 Å². The van der Waals surface area contributed by atoms with Gasteiger partial charge in [-0.2, -0.15) is 0 Å². The molecular formula is C10H15Li. The molecule has 0 saturated carbocycles. The molecule has 0 fully saturated rings. The average molecular weight is 142 g/mol. The second-order valence-corrected chi connectivity index (χ2v) is 4.85. The van der Waals surface area contributed by atoms with E-state index in [2.05, 4.69) is 31.6 Å². The van der Waals surface area contributed by atoms with Gasteiger partial charge in [-0.15, -0.1) is 0 Å². The zero-order chi connectivity index (χ0) is 8.06. The van der Waals surface area contributed by atoms with E-state index >= 15 is 0 Å². The van der Waals surface area contributed by atoms with Crippen molar-refractivity contribution in [2.24, 2.45) is 5.92 Å². The maximum absolute atomic E-state index is 2.41. The molecule has 2 aliphatic carbocycles. The molecule has 0 bridgehead atoms. The molecule has 0 spiro atoms. The van der Waals surface area contributed by atoms with Crippen molar-refractivity contribution in [3.8, 4) is 0 Å². The van der Waals surface area contributed by atoms with Gasteiger partial charge < -0.3 is 0 Å². The van der Waals surface area contributed by atoms with Crippen molar-refractivity contribution in [2.75, 3.05) is 0 Å². The van der Waals surface area contributed by atoms with Crippen LogP contribution in [0.2, 0.25) is 4.09 Å². The van der Waals surface area contributed by atoms with Crippen molar-refractivity contribution >= 4 is 17.7 Å². The van der Waals surface area contributed by atoms with Crippen molar-refractivity contribution in [1.82, 2.24) is 0 Å². The Morgan fingerprint density at radius 2 is 2.18 bits per heavy atom. The van der Waals surface area contributed by atoms with Gasteiger partial charge in [0.25, 0.3) is 0 Å². The van der Waals surface area contributed by atoms with Crippen molar-refractivity contribution in [3.05, 3.63) is 11.1 Å². The summed E-state index contributed by atoms with van der Waals surface area (Å²) in [4.78, 5) is 0. The molecule has 2 rings (SSSR count). The van der Waals surface area contributed by atoms with E-state index in [4.69, 9.17) is 0 Å². The normalized spacial score (nSPS) is 43.5. The van der Waals surface area contributed by atoms with Gasteiger partial charge in [-0.05, 0) is 0 Å². The summed E-state index contributed by atoms with van der Waals surface area (Å²) in [6.07, 6.45) is 5.63. The molecule has 2 atom stereocenters. The topological polar surface area (TPSA) is 0 Å². The molecule has 2 aliphatic rings. The van der Waals surface area contributed by atoms with Crippen LogP contribution in [0.3, 0.4) is 0 Å². The molecule has 0 aromatic heterocycles. The summed E-state index contributed by atoms with van der Waals surface area (Å²) in [5.74, 6) is 0.891. The zero-order valence-corrected chi connectivity index (χ0v) is 7.91. The van der Waals surface area contributed by atoms with Gasteiger partial charge in [-0.25, -0.2) is 0 Å². The molecule has 0 radical (unpaired) electrons. The van der Waals surface area contributed by atoms with Crippen LogP contribution in [-0.4, -0.2) is 17.7 Å². The summed E-state index contributed by atoms with van der Waals surface area (Å²) in [6.45, 7) is 4.81. The van der Waals surface area contributed by atoms with E-state index in [0.29, 0.717) is 4.09 Å². The Morgan fingerprint density at radius 1 is 1.45 bits per heavy atom. The van der Waals surface area contributed by atoms with E-state index in [0.717, 1.165) is 5.92 Å². The number of hydrogen-bond donors (Lipinski definition) is 0. The molecular weight excluding hydrogens is 127 g/mol. The first-order chi connectivity index (χ1) is 5.11. The van der Waals surface area contributed by atoms with Crippen molar-refractivity contribution in [3.63, 3.8) is 0 Å². The Kier molecular flexibility index (Phi) is 1.74. The Labute approximate surface area is 78.6 Å². The Bertz CT molecular complexity index is 213. The van der Waals surface area contributed by atoms with E-state index in [1.807, 2.05) is 11.1 Å². The van der Waals surface area contributed by atoms with Gasteiger partial charge in [0, 0.05) is 0 Å². The number of rotatable bonds is 0. The molecule has 56 valence electrons. The third kappa shape index (κ3) is 1.12. The minimum absolute atomic E-state index is 0.547. The predicted molar refractivity (Wildman–Crippen MR) is 48.8 cm³/mol. The molecule has 0 heterocycles. The molecule has 0 saturated heterocycles. The fourth-order valence-electron chi connectivity index (χ4n) is 3.10. The van der Waals surface area contributed by atoms with Crippen LogP contribution in [-0.2, 0) is 0 Å². The summed E-state index contributed by atoms with van der Waals surface area (Å²) in [6, 6.07) is 0. The van der Waals surface area contributed by atoms with E-state index in [1.165, 1.54) is 25.7 Å². The van der Waals surface area contributed by atoms with Crippen molar-refractivity contribution < 1.29 is 0 Å².